The molecule has 0 bridgehead atoms. The summed E-state index contributed by atoms with van der Waals surface area (Å²) in [5, 5.41) is 20.7. The van der Waals surface area contributed by atoms with Gasteiger partial charge in [0.05, 0.1) is 25.4 Å². The summed E-state index contributed by atoms with van der Waals surface area (Å²) in [5.74, 6) is 0.620. The van der Waals surface area contributed by atoms with Crippen LogP contribution in [0.5, 0.6) is 0 Å². The summed E-state index contributed by atoms with van der Waals surface area (Å²) in [6, 6.07) is 0. The third-order valence-electron chi connectivity index (χ3n) is 10.7. The van der Waals surface area contributed by atoms with E-state index in [1.54, 1.807) is 12.2 Å². The van der Waals surface area contributed by atoms with Crippen molar-refractivity contribution in [3.63, 3.8) is 0 Å². The zero-order valence-electron chi connectivity index (χ0n) is 35.3. The first-order chi connectivity index (χ1) is 27.3. The van der Waals surface area contributed by atoms with Crippen molar-refractivity contribution in [3.8, 4) is 0 Å². The third kappa shape index (κ3) is 20.9. The van der Waals surface area contributed by atoms with Gasteiger partial charge in [-0.1, -0.05) is 90.2 Å². The Bertz CT molecular complexity index is 1380. The molecule has 1 heterocycles. The molecule has 1 saturated carbocycles. The number of hydrogen-bond acceptors (Lipinski definition) is 12. The van der Waals surface area contributed by atoms with Gasteiger partial charge in [0.1, 0.15) is 23.9 Å². The summed E-state index contributed by atoms with van der Waals surface area (Å²) >= 11 is 0. The highest BCUT2D eigenvalue weighted by molar-refractivity contribution is 7.47. The average molecular weight is 828 g/mol. The number of carbonyl (C=O) groups excluding carboxylic acids is 3. The second kappa shape index (κ2) is 28.9. The maximum absolute atomic E-state index is 12.7. The van der Waals surface area contributed by atoms with Gasteiger partial charge in [0.25, 0.3) is 0 Å². The van der Waals surface area contributed by atoms with Crippen LogP contribution in [0.3, 0.4) is 0 Å². The Labute approximate surface area is 341 Å². The summed E-state index contributed by atoms with van der Waals surface area (Å²) in [5.41, 5.74) is 7.89. The Morgan fingerprint density at radius 1 is 0.860 bits per heavy atom. The lowest BCUT2D eigenvalue weighted by Gasteiger charge is -2.20. The zero-order valence-corrected chi connectivity index (χ0v) is 36.2. The number of carbonyl (C=O) groups is 3. The molecule has 0 spiro atoms. The highest BCUT2D eigenvalue weighted by Crippen LogP contribution is 2.43. The number of furan rings is 1. The minimum atomic E-state index is -4.46. The Kier molecular flexibility index (Phi) is 25.8. The van der Waals surface area contributed by atoms with Crippen molar-refractivity contribution in [2.24, 2.45) is 17.6 Å². The van der Waals surface area contributed by atoms with E-state index in [0.717, 1.165) is 95.0 Å². The fraction of sp³-hybridized carbons (Fsp3) is 0.791. The Hall–Kier alpha value is -2.38. The maximum atomic E-state index is 12.7. The lowest BCUT2D eigenvalue weighted by Crippen LogP contribution is -2.29. The molecular weight excluding hydrogens is 753 g/mol. The maximum Gasteiger partial charge on any atom is 0.472 e. The molecule has 328 valence electrons. The second-order valence-corrected chi connectivity index (χ2v) is 17.0. The molecule has 6 atom stereocenters. The van der Waals surface area contributed by atoms with Crippen molar-refractivity contribution < 1.29 is 57.0 Å². The van der Waals surface area contributed by atoms with E-state index in [9.17, 15) is 34.1 Å². The highest BCUT2D eigenvalue weighted by Gasteiger charge is 2.39. The summed E-state index contributed by atoms with van der Waals surface area (Å²) in [4.78, 5) is 47.8. The van der Waals surface area contributed by atoms with Gasteiger partial charge in [0.15, 0.2) is 6.10 Å². The van der Waals surface area contributed by atoms with Crippen LogP contribution in [0.2, 0.25) is 0 Å². The predicted octanol–water partition coefficient (Wildman–Crippen LogP) is 8.07. The summed E-state index contributed by atoms with van der Waals surface area (Å²) in [6.07, 6.45) is 17.2. The lowest BCUT2D eigenvalue weighted by molar-refractivity contribution is -0.161. The van der Waals surface area contributed by atoms with Gasteiger partial charge in [-0.25, -0.2) is 4.57 Å². The van der Waals surface area contributed by atoms with Crippen LogP contribution in [-0.2, 0) is 50.3 Å². The van der Waals surface area contributed by atoms with E-state index in [0.29, 0.717) is 32.1 Å². The van der Waals surface area contributed by atoms with Crippen molar-refractivity contribution in [1.29, 1.82) is 0 Å². The van der Waals surface area contributed by atoms with Crippen LogP contribution in [0.1, 0.15) is 158 Å². The van der Waals surface area contributed by atoms with Crippen LogP contribution in [0, 0.1) is 25.7 Å². The number of phosphoric ester groups is 1. The van der Waals surface area contributed by atoms with Crippen LogP contribution in [0.25, 0.3) is 0 Å². The molecule has 1 aliphatic rings. The van der Waals surface area contributed by atoms with Gasteiger partial charge in [0, 0.05) is 50.5 Å². The highest BCUT2D eigenvalue weighted by atomic mass is 31.2. The number of Topliss-reactive ketones (excluding diaryl/α,β-unsaturated/α-hetero) is 1. The smallest absolute Gasteiger partial charge is 0.466 e. The van der Waals surface area contributed by atoms with Gasteiger partial charge in [-0.15, -0.1) is 0 Å². The SMILES string of the molecule is CCCCC[C@H](O)/C=C/[C@H]1[C@H](O)CC(=O)[C@@H]1CCCCCCC(=O)O[C@H](COC(=O)CCCCCCCCc1oc(CCC)c(C)c1C)COP(=O)(O)OCCN. The van der Waals surface area contributed by atoms with Crippen molar-refractivity contribution in [1.82, 2.24) is 0 Å². The minimum absolute atomic E-state index is 0.00800. The summed E-state index contributed by atoms with van der Waals surface area (Å²) in [6.45, 7) is 7.48. The molecule has 1 fully saturated rings. The van der Waals surface area contributed by atoms with Crippen LogP contribution in [-0.4, -0.2) is 77.5 Å². The number of esters is 2. The Morgan fingerprint density at radius 3 is 2.16 bits per heavy atom. The van der Waals surface area contributed by atoms with Gasteiger partial charge < -0.3 is 34.7 Å². The third-order valence-corrected chi connectivity index (χ3v) is 11.7. The van der Waals surface area contributed by atoms with Gasteiger partial charge >= 0.3 is 19.8 Å². The van der Waals surface area contributed by atoms with Crippen molar-refractivity contribution >= 4 is 25.5 Å². The number of unbranched alkanes of at least 4 members (excludes halogenated alkanes) is 10. The van der Waals surface area contributed by atoms with Gasteiger partial charge in [-0.05, 0) is 63.5 Å². The summed E-state index contributed by atoms with van der Waals surface area (Å²) in [7, 11) is -4.46. The molecule has 0 saturated heterocycles. The van der Waals surface area contributed by atoms with E-state index >= 15 is 0 Å². The van der Waals surface area contributed by atoms with E-state index in [2.05, 4.69) is 27.7 Å². The van der Waals surface area contributed by atoms with Crippen molar-refractivity contribution in [2.45, 2.75) is 181 Å². The van der Waals surface area contributed by atoms with Crippen LogP contribution < -0.4 is 5.73 Å². The zero-order chi connectivity index (χ0) is 42.1. The molecule has 0 aromatic carbocycles. The molecule has 1 aromatic heterocycles. The first-order valence-electron chi connectivity index (χ1n) is 21.6. The Morgan fingerprint density at radius 2 is 1.49 bits per heavy atom. The number of aliphatic hydroxyl groups excluding tert-OH is 2. The van der Waals surface area contributed by atoms with E-state index < -0.39 is 44.7 Å². The molecule has 1 aliphatic carbocycles. The quantitative estimate of drug-likeness (QED) is 0.0229. The van der Waals surface area contributed by atoms with Crippen molar-refractivity contribution in [3.05, 3.63) is 34.8 Å². The molecule has 14 heteroatoms. The van der Waals surface area contributed by atoms with Gasteiger partial charge in [-0.3, -0.25) is 23.4 Å². The molecule has 1 unspecified atom stereocenters. The molecule has 0 amide bonds. The van der Waals surface area contributed by atoms with E-state index in [4.69, 9.17) is 28.7 Å². The van der Waals surface area contributed by atoms with Gasteiger partial charge in [0.2, 0.25) is 0 Å². The molecular formula is C43H74NO12P. The van der Waals surface area contributed by atoms with Crippen LogP contribution in [0.4, 0.5) is 0 Å². The number of phosphoric acid groups is 1. The number of ketones is 1. The number of aryl methyl sites for hydroxylation is 2. The largest absolute Gasteiger partial charge is 0.472 e. The first kappa shape index (κ1) is 50.8. The van der Waals surface area contributed by atoms with E-state index in [-0.39, 0.29) is 56.6 Å². The number of ether oxygens (including phenoxy) is 2. The molecule has 0 aliphatic heterocycles. The average Bonchev–Trinajstić information content (AvgIpc) is 3.60. The Balaban J connectivity index is 1.71. The summed E-state index contributed by atoms with van der Waals surface area (Å²) < 4.78 is 38.9. The lowest BCUT2D eigenvalue weighted by atomic mass is 9.88. The molecule has 5 N–H and O–H groups in total. The van der Waals surface area contributed by atoms with E-state index in [1.165, 1.54) is 11.1 Å². The molecule has 1 aromatic rings. The molecule has 0 radical (unpaired) electrons. The molecule has 57 heavy (non-hydrogen) atoms. The minimum Gasteiger partial charge on any atom is -0.466 e. The van der Waals surface area contributed by atoms with Crippen LogP contribution >= 0.6 is 7.82 Å². The number of rotatable bonds is 33. The predicted molar refractivity (Wildman–Crippen MR) is 219 cm³/mol. The molecule has 13 nitrogen and oxygen atoms in total. The van der Waals surface area contributed by atoms with Gasteiger partial charge in [-0.2, -0.15) is 0 Å². The normalized spacial score (nSPS) is 19.2. The van der Waals surface area contributed by atoms with Crippen LogP contribution in [0.15, 0.2) is 16.6 Å². The topological polar surface area (TPSA) is 205 Å². The van der Waals surface area contributed by atoms with E-state index in [1.807, 2.05) is 0 Å². The fourth-order valence-corrected chi connectivity index (χ4v) is 7.99. The number of aliphatic hydroxyl groups is 2. The first-order valence-corrected chi connectivity index (χ1v) is 23.1. The fourth-order valence-electron chi connectivity index (χ4n) is 7.22. The number of hydrogen-bond donors (Lipinski definition) is 4. The van der Waals surface area contributed by atoms with Crippen molar-refractivity contribution in [2.75, 3.05) is 26.4 Å². The number of nitrogens with two attached hydrogens (primary N) is 1. The second-order valence-electron chi connectivity index (χ2n) is 15.6. The monoisotopic (exact) mass is 827 g/mol. The standard InChI is InChI=1S/C43H74NO12P/c1-5-7-14-20-34(45)25-26-37-36(38(46)29-39(37)47)21-15-12-13-18-24-43(49)55-35(31-54-57(50,51)53-28-27-44)30-52-42(48)23-17-11-9-8-10-16-22-41-33(4)32(3)40(56-41)19-6-2/h25-26,34-37,39,45,47H,5-24,27-31,44H2,1-4H3,(H,50,51)/b26-25+/t34-,35+,36+,37+,39+/m0/s1. The molecule has 2 rings (SSSR count).